The summed E-state index contributed by atoms with van der Waals surface area (Å²) in [6.07, 6.45) is 3.26. The molecule has 0 heterocycles. The summed E-state index contributed by atoms with van der Waals surface area (Å²) in [5.74, 6) is -1.55. The molecule has 7 heteroatoms. The second-order valence-electron chi connectivity index (χ2n) is 12.3. The number of hydrogen-bond acceptors (Lipinski definition) is 4. The maximum atomic E-state index is 13.5. The summed E-state index contributed by atoms with van der Waals surface area (Å²) in [6.45, 7) is 4.03. The quantitative estimate of drug-likeness (QED) is 0.137. The van der Waals surface area contributed by atoms with Gasteiger partial charge in [0.05, 0.1) is 5.25 Å². The number of carboxylic acid groups (broad SMARTS) is 1. The lowest BCUT2D eigenvalue weighted by molar-refractivity contribution is -0.143. The molecule has 6 nitrogen and oxygen atoms in total. The molecule has 0 saturated heterocycles. The molecule has 1 aliphatic carbocycles. The zero-order valence-corrected chi connectivity index (χ0v) is 26.1. The van der Waals surface area contributed by atoms with Crippen LogP contribution in [0.3, 0.4) is 0 Å². The molecule has 2 atom stereocenters. The lowest BCUT2D eigenvalue weighted by Gasteiger charge is -2.31. The Morgan fingerprint density at radius 3 is 2.05 bits per heavy atom. The van der Waals surface area contributed by atoms with E-state index in [4.69, 9.17) is 0 Å². The first-order valence-electron chi connectivity index (χ1n) is 15.4. The highest BCUT2D eigenvalue weighted by Crippen LogP contribution is 2.32. The van der Waals surface area contributed by atoms with Crippen LogP contribution >= 0.6 is 12.6 Å². The van der Waals surface area contributed by atoms with E-state index in [2.05, 4.69) is 83.9 Å². The molecule has 1 aliphatic rings. The van der Waals surface area contributed by atoms with Gasteiger partial charge in [-0.3, -0.25) is 9.59 Å². The molecule has 4 aromatic carbocycles. The summed E-state index contributed by atoms with van der Waals surface area (Å²) in [5.41, 5.74) is 4.10. The summed E-state index contributed by atoms with van der Waals surface area (Å²) >= 11 is 4.44. The van der Waals surface area contributed by atoms with Crippen molar-refractivity contribution in [2.45, 2.75) is 69.2 Å². The van der Waals surface area contributed by atoms with Crippen molar-refractivity contribution in [2.24, 2.45) is 5.92 Å². The third-order valence-electron chi connectivity index (χ3n) is 8.57. The number of carbonyl (C=O) groups is 3. The number of fused-ring (bicyclic) bond motifs is 1. The minimum absolute atomic E-state index is 0.133. The molecule has 0 radical (unpaired) electrons. The number of amides is 2. The predicted octanol–water partition coefficient (Wildman–Crippen LogP) is 7.06. The van der Waals surface area contributed by atoms with E-state index in [1.807, 2.05) is 44.2 Å². The van der Waals surface area contributed by atoms with E-state index in [9.17, 15) is 19.5 Å². The van der Waals surface area contributed by atoms with Gasteiger partial charge in [-0.1, -0.05) is 118 Å². The molecule has 44 heavy (non-hydrogen) atoms. The normalized spacial score (nSPS) is 15.5. The van der Waals surface area contributed by atoms with Gasteiger partial charge in [0, 0.05) is 6.42 Å². The summed E-state index contributed by atoms with van der Waals surface area (Å²) in [7, 11) is 0. The molecule has 3 N–H and O–H groups in total. The number of nitrogens with one attached hydrogen (secondary N) is 2. The van der Waals surface area contributed by atoms with Gasteiger partial charge in [0.15, 0.2) is 0 Å². The van der Waals surface area contributed by atoms with Crippen molar-refractivity contribution in [3.8, 4) is 22.3 Å². The molecule has 0 aliphatic heterocycles. The molecule has 228 valence electrons. The average Bonchev–Trinajstić information content (AvgIpc) is 3.50. The second-order valence-corrected chi connectivity index (χ2v) is 12.9. The molecule has 0 aromatic heterocycles. The van der Waals surface area contributed by atoms with E-state index in [1.54, 1.807) is 0 Å². The molecule has 1 saturated carbocycles. The Bertz CT molecular complexity index is 1620. The van der Waals surface area contributed by atoms with Gasteiger partial charge in [-0.05, 0) is 63.8 Å². The number of aliphatic carboxylic acids is 1. The van der Waals surface area contributed by atoms with Crippen LogP contribution in [-0.4, -0.2) is 39.7 Å². The van der Waals surface area contributed by atoms with Crippen molar-refractivity contribution in [3.05, 3.63) is 96.6 Å². The van der Waals surface area contributed by atoms with Crippen LogP contribution in [0.1, 0.15) is 51.5 Å². The lowest BCUT2D eigenvalue weighted by Crippen LogP contribution is -2.61. The van der Waals surface area contributed by atoms with Crippen LogP contribution in [0.2, 0.25) is 0 Å². The predicted molar refractivity (Wildman–Crippen MR) is 180 cm³/mol. The average molecular weight is 609 g/mol. The van der Waals surface area contributed by atoms with Crippen molar-refractivity contribution in [2.75, 3.05) is 0 Å². The smallest absolute Gasteiger partial charge is 0.326 e. The van der Waals surface area contributed by atoms with Gasteiger partial charge in [0.2, 0.25) is 11.8 Å². The molecule has 0 spiro atoms. The monoisotopic (exact) mass is 608 g/mol. The molecule has 2 amide bonds. The van der Waals surface area contributed by atoms with Gasteiger partial charge in [0.1, 0.15) is 11.6 Å². The zero-order valence-electron chi connectivity index (χ0n) is 25.3. The summed E-state index contributed by atoms with van der Waals surface area (Å²) in [5, 5.41) is 17.5. The highest BCUT2D eigenvalue weighted by atomic mass is 32.1. The maximum Gasteiger partial charge on any atom is 0.326 e. The highest BCUT2D eigenvalue weighted by Gasteiger charge is 2.44. The van der Waals surface area contributed by atoms with E-state index < -0.39 is 28.7 Å². The first-order chi connectivity index (χ1) is 21.1. The van der Waals surface area contributed by atoms with E-state index in [0.717, 1.165) is 35.1 Å². The van der Waals surface area contributed by atoms with Crippen LogP contribution in [0, 0.1) is 5.92 Å². The van der Waals surface area contributed by atoms with Crippen LogP contribution in [0.15, 0.2) is 91.0 Å². The van der Waals surface area contributed by atoms with Crippen molar-refractivity contribution >= 4 is 41.2 Å². The SMILES string of the molecule is CC(C)CC(S)C(=O)NC1(C(=O)NC(Cc2ccc(-c3ccc(-c4cccc5ccccc45)cc3)cc2)C(=O)O)CCCC1. The molecular formula is C37H40N2O4S. The zero-order chi connectivity index (χ0) is 31.3. The number of benzene rings is 4. The maximum absolute atomic E-state index is 13.5. The van der Waals surface area contributed by atoms with Gasteiger partial charge < -0.3 is 15.7 Å². The van der Waals surface area contributed by atoms with Gasteiger partial charge in [-0.2, -0.15) is 12.6 Å². The van der Waals surface area contributed by atoms with Gasteiger partial charge in [-0.25, -0.2) is 4.79 Å². The molecule has 1 fully saturated rings. The number of carboxylic acids is 1. The number of rotatable bonds is 11. The van der Waals surface area contributed by atoms with E-state index >= 15 is 0 Å². The van der Waals surface area contributed by atoms with Crippen molar-refractivity contribution in [1.29, 1.82) is 0 Å². The van der Waals surface area contributed by atoms with Gasteiger partial charge >= 0.3 is 5.97 Å². The van der Waals surface area contributed by atoms with Crippen molar-refractivity contribution in [1.82, 2.24) is 10.6 Å². The third-order valence-corrected chi connectivity index (χ3v) is 9.01. The third kappa shape index (κ3) is 7.16. The van der Waals surface area contributed by atoms with Gasteiger partial charge in [-0.15, -0.1) is 0 Å². The first kappa shape index (κ1) is 31.3. The van der Waals surface area contributed by atoms with Gasteiger partial charge in [0.25, 0.3) is 0 Å². The molecule has 4 aromatic rings. The molecule has 5 rings (SSSR count). The first-order valence-corrected chi connectivity index (χ1v) is 15.9. The number of carbonyl (C=O) groups excluding carboxylic acids is 2. The highest BCUT2D eigenvalue weighted by molar-refractivity contribution is 7.81. The molecule has 0 bridgehead atoms. The van der Waals surface area contributed by atoms with Crippen LogP contribution < -0.4 is 10.6 Å². The van der Waals surface area contributed by atoms with Crippen LogP contribution in [0.5, 0.6) is 0 Å². The summed E-state index contributed by atoms with van der Waals surface area (Å²) in [4.78, 5) is 38.6. The molecule has 2 unspecified atom stereocenters. The number of hydrogen-bond donors (Lipinski definition) is 4. The Morgan fingerprint density at radius 2 is 1.41 bits per heavy atom. The second kappa shape index (κ2) is 13.7. The Balaban J connectivity index is 1.26. The minimum atomic E-state index is -1.12. The van der Waals surface area contributed by atoms with E-state index in [1.165, 1.54) is 16.3 Å². The van der Waals surface area contributed by atoms with Crippen molar-refractivity contribution < 1.29 is 19.5 Å². The van der Waals surface area contributed by atoms with E-state index in [0.29, 0.717) is 19.3 Å². The number of thiol groups is 1. The largest absolute Gasteiger partial charge is 0.480 e. The Kier molecular flexibility index (Phi) is 9.74. The van der Waals surface area contributed by atoms with Crippen LogP contribution in [-0.2, 0) is 20.8 Å². The van der Waals surface area contributed by atoms with Crippen LogP contribution in [0.4, 0.5) is 0 Å². The fourth-order valence-corrected chi connectivity index (χ4v) is 6.63. The fraction of sp³-hybridized carbons (Fsp3) is 0.324. The molecular weight excluding hydrogens is 568 g/mol. The van der Waals surface area contributed by atoms with Crippen LogP contribution in [0.25, 0.3) is 33.0 Å². The Morgan fingerprint density at radius 1 is 0.818 bits per heavy atom. The standard InChI is InChI=1S/C37H40N2O4S/c1-24(2)22-33(44)34(40)39-37(20-5-6-21-37)36(43)38-32(35(41)42)23-25-12-14-26(15-13-25)27-16-18-29(19-17-27)31-11-7-9-28-8-3-4-10-30(28)31/h3-4,7-19,24,32-33,44H,5-6,20-23H2,1-2H3,(H,38,43)(H,39,40)(H,41,42). The minimum Gasteiger partial charge on any atom is -0.480 e. The fourth-order valence-electron chi connectivity index (χ4n) is 6.14. The van der Waals surface area contributed by atoms with E-state index in [-0.39, 0.29) is 18.2 Å². The van der Waals surface area contributed by atoms with Crippen molar-refractivity contribution in [3.63, 3.8) is 0 Å². The lowest BCUT2D eigenvalue weighted by atomic mass is 9.94. The topological polar surface area (TPSA) is 95.5 Å². The summed E-state index contributed by atoms with van der Waals surface area (Å²) in [6, 6.07) is 29.8. The Hall–Kier alpha value is -4.10. The Labute approximate surface area is 264 Å². The summed E-state index contributed by atoms with van der Waals surface area (Å²) < 4.78 is 0.